The van der Waals surface area contributed by atoms with Crippen LogP contribution in [0.5, 0.6) is 0 Å². The molecule has 0 N–H and O–H groups in total. The number of hydrogen-bond donors (Lipinski definition) is 0. The molecule has 6 rings (SSSR count). The fourth-order valence-electron chi connectivity index (χ4n) is 5.57. The van der Waals surface area contributed by atoms with E-state index >= 15 is 0 Å². The van der Waals surface area contributed by atoms with Gasteiger partial charge in [0.05, 0.1) is 0 Å². The third kappa shape index (κ3) is 11.1. The average molecular weight is 755 g/mol. The van der Waals surface area contributed by atoms with E-state index < -0.39 is 0 Å². The average Bonchev–Trinajstić information content (AvgIpc) is 3.66. The molecule has 0 spiro atoms. The topological polar surface area (TPSA) is 0 Å². The van der Waals surface area contributed by atoms with Gasteiger partial charge in [-0.1, -0.05) is 122 Å². The first-order valence-corrected chi connectivity index (χ1v) is 18.0. The van der Waals surface area contributed by atoms with E-state index in [2.05, 4.69) is 185 Å². The Kier molecular flexibility index (Phi) is 15.3. The molecule has 1 unspecified atom stereocenters. The Bertz CT molecular complexity index is 1590. The Labute approximate surface area is 319 Å². The van der Waals surface area contributed by atoms with Crippen LogP contribution in [0.2, 0.25) is 0 Å². The van der Waals surface area contributed by atoms with E-state index in [1.54, 1.807) is 0 Å². The minimum absolute atomic E-state index is 0. The van der Waals surface area contributed by atoms with Crippen molar-refractivity contribution in [2.45, 2.75) is 92.9 Å². The molecule has 4 aromatic carbocycles. The molecule has 2 aliphatic carbocycles. The molecule has 0 saturated heterocycles. The van der Waals surface area contributed by atoms with Crippen molar-refractivity contribution in [2.24, 2.45) is 11.3 Å². The molecule has 0 radical (unpaired) electrons. The first-order chi connectivity index (χ1) is 21.6. The normalized spacial score (nSPS) is 14.5. The second-order valence-corrected chi connectivity index (χ2v) is 16.9. The molecular formula is C45H52Cl2Zr-2. The van der Waals surface area contributed by atoms with Crippen LogP contribution in [0.15, 0.2) is 109 Å². The molecule has 1 atom stereocenters. The number of rotatable bonds is 3. The zero-order valence-electron chi connectivity index (χ0n) is 30.6. The van der Waals surface area contributed by atoms with Gasteiger partial charge in [-0.15, -0.1) is 5.56 Å². The quantitative estimate of drug-likeness (QED) is 0.204. The van der Waals surface area contributed by atoms with Crippen molar-refractivity contribution in [1.82, 2.24) is 0 Å². The van der Waals surface area contributed by atoms with Crippen LogP contribution >= 0.6 is 0 Å². The summed E-state index contributed by atoms with van der Waals surface area (Å²) in [6.07, 6.45) is 10.0. The Balaban J connectivity index is 0.000000260. The summed E-state index contributed by atoms with van der Waals surface area (Å²) >= 11 is 1.46. The molecule has 0 bridgehead atoms. The van der Waals surface area contributed by atoms with Crippen LogP contribution in [0.1, 0.15) is 109 Å². The van der Waals surface area contributed by atoms with Gasteiger partial charge in [-0.25, -0.2) is 6.08 Å². The maximum absolute atomic E-state index is 3.53. The van der Waals surface area contributed by atoms with Crippen molar-refractivity contribution in [3.63, 3.8) is 0 Å². The van der Waals surface area contributed by atoms with E-state index in [9.17, 15) is 0 Å². The van der Waals surface area contributed by atoms with Crippen LogP contribution in [-0.2, 0) is 41.5 Å². The van der Waals surface area contributed by atoms with E-state index in [1.807, 2.05) is 0 Å². The van der Waals surface area contributed by atoms with Crippen molar-refractivity contribution >= 4 is 3.21 Å². The minimum atomic E-state index is 0. The molecule has 0 aromatic heterocycles. The SMILES string of the molecule is CC(C)(C)c1c[c-]c2c(c1)-c1cc(C(C)(C)C)ccc1C2.CCC1[C-]=CC(C(C)(C)C)=C1.[Cl-].[Cl-].[Zr+2]=[C](c1ccccc1)c1ccccc1. The Morgan fingerprint density at radius 3 is 1.65 bits per heavy atom. The van der Waals surface area contributed by atoms with Gasteiger partial charge in [0.25, 0.3) is 0 Å². The van der Waals surface area contributed by atoms with Gasteiger partial charge in [0, 0.05) is 0 Å². The van der Waals surface area contributed by atoms with Gasteiger partial charge in [0.1, 0.15) is 0 Å². The van der Waals surface area contributed by atoms with Gasteiger partial charge in [-0.05, 0) is 17.4 Å². The molecule has 48 heavy (non-hydrogen) atoms. The molecule has 3 heteroatoms. The number of benzene rings is 4. The van der Waals surface area contributed by atoms with E-state index in [0.29, 0.717) is 11.3 Å². The van der Waals surface area contributed by atoms with E-state index in [1.165, 1.54) is 83.9 Å². The zero-order chi connectivity index (χ0) is 33.7. The van der Waals surface area contributed by atoms with Crippen molar-refractivity contribution in [3.05, 3.63) is 154 Å². The molecule has 4 aromatic rings. The van der Waals surface area contributed by atoms with Crippen molar-refractivity contribution in [1.29, 1.82) is 0 Å². The molecule has 252 valence electrons. The van der Waals surface area contributed by atoms with Gasteiger partial charge in [0.2, 0.25) is 0 Å². The molecular weight excluding hydrogens is 703 g/mol. The summed E-state index contributed by atoms with van der Waals surface area (Å²) in [5, 5.41) is 0. The van der Waals surface area contributed by atoms with Crippen molar-refractivity contribution < 1.29 is 49.0 Å². The predicted octanol–water partition coefficient (Wildman–Crippen LogP) is 5.82. The van der Waals surface area contributed by atoms with Gasteiger partial charge in [0.15, 0.2) is 0 Å². The van der Waals surface area contributed by atoms with E-state index in [-0.39, 0.29) is 35.6 Å². The summed E-state index contributed by atoms with van der Waals surface area (Å²) in [5.74, 6) is 0.573. The van der Waals surface area contributed by atoms with Crippen LogP contribution < -0.4 is 24.8 Å². The monoisotopic (exact) mass is 752 g/mol. The Hall–Kier alpha value is -2.31. The summed E-state index contributed by atoms with van der Waals surface area (Å²) in [7, 11) is 0. The summed E-state index contributed by atoms with van der Waals surface area (Å²) in [4.78, 5) is 0. The van der Waals surface area contributed by atoms with Crippen LogP contribution in [-0.4, -0.2) is 3.21 Å². The first-order valence-electron chi connectivity index (χ1n) is 16.8. The summed E-state index contributed by atoms with van der Waals surface area (Å²) < 4.78 is 1.42. The third-order valence-electron chi connectivity index (χ3n) is 8.79. The van der Waals surface area contributed by atoms with Crippen LogP contribution in [0.3, 0.4) is 0 Å². The zero-order valence-corrected chi connectivity index (χ0v) is 34.5. The summed E-state index contributed by atoms with van der Waals surface area (Å²) in [5.41, 5.74) is 13.2. The van der Waals surface area contributed by atoms with E-state index in [4.69, 9.17) is 0 Å². The molecule has 0 heterocycles. The van der Waals surface area contributed by atoms with Crippen LogP contribution in [0, 0.1) is 23.5 Å². The molecule has 0 fully saturated rings. The predicted molar refractivity (Wildman–Crippen MR) is 196 cm³/mol. The fourth-order valence-corrected chi connectivity index (χ4v) is 6.39. The summed E-state index contributed by atoms with van der Waals surface area (Å²) in [6.45, 7) is 22.6. The standard InChI is InChI=1S/C21H25.C13H10.C11H17.2ClH.Zr/c1-20(2,3)16-9-7-14-11-15-8-10-17(21(4,5)6)13-19(15)18(14)12-16;1-3-7-12(8-4-1)11-13-9-5-2-6-10-13;1-5-9-6-7-10(8-9)11(2,3)4;;;/h7,9-10,12-13H,11H2,1-6H3;1-10H;7-9H,5H2,1-4H3;2*1H;/q-1;;-1;;;+2/p-2. The Morgan fingerprint density at radius 1 is 0.688 bits per heavy atom. The molecule has 0 aliphatic heterocycles. The van der Waals surface area contributed by atoms with Gasteiger partial charge >= 0.3 is 99.2 Å². The second-order valence-electron chi connectivity index (χ2n) is 15.6. The number of halogens is 2. The van der Waals surface area contributed by atoms with Gasteiger partial charge in [-0.2, -0.15) is 41.0 Å². The number of allylic oxidation sites excluding steroid dienone is 4. The van der Waals surface area contributed by atoms with Crippen molar-refractivity contribution in [2.75, 3.05) is 0 Å². The van der Waals surface area contributed by atoms with E-state index in [0.717, 1.165) is 6.42 Å². The second kappa shape index (κ2) is 17.6. The number of fused-ring (bicyclic) bond motifs is 3. The van der Waals surface area contributed by atoms with Crippen LogP contribution in [0.4, 0.5) is 0 Å². The number of hydrogen-bond acceptors (Lipinski definition) is 0. The molecule has 0 amide bonds. The summed E-state index contributed by atoms with van der Waals surface area (Å²) in [6, 6.07) is 36.2. The first kappa shape index (κ1) is 41.9. The van der Waals surface area contributed by atoms with Gasteiger partial charge < -0.3 is 24.8 Å². The third-order valence-corrected chi connectivity index (χ3v) is 10.2. The van der Waals surface area contributed by atoms with Crippen molar-refractivity contribution in [3.8, 4) is 11.1 Å². The van der Waals surface area contributed by atoms with Gasteiger partial charge in [-0.3, -0.25) is 6.08 Å². The molecule has 0 nitrogen and oxygen atoms in total. The Morgan fingerprint density at radius 2 is 1.21 bits per heavy atom. The molecule has 0 saturated carbocycles. The maximum atomic E-state index is 3.53. The fraction of sp³-hybridized carbons (Fsp3) is 0.356. The van der Waals surface area contributed by atoms with Crippen LogP contribution in [0.25, 0.3) is 11.1 Å². The molecule has 2 aliphatic rings.